The molecule has 1 amide bonds. The third-order valence-corrected chi connectivity index (χ3v) is 6.87. The highest BCUT2D eigenvalue weighted by Gasteiger charge is 2.46. The van der Waals surface area contributed by atoms with Gasteiger partial charge in [-0.3, -0.25) is 9.69 Å². The van der Waals surface area contributed by atoms with Crippen LogP contribution in [0, 0.1) is 0 Å². The predicted molar refractivity (Wildman–Crippen MR) is 119 cm³/mol. The number of carbonyl (C=O) groups excluding carboxylic acids is 1. The van der Waals surface area contributed by atoms with E-state index in [1.807, 2.05) is 30.3 Å². The van der Waals surface area contributed by atoms with E-state index in [4.69, 9.17) is 4.74 Å². The second-order valence-electron chi connectivity index (χ2n) is 9.11. The molecule has 3 atom stereocenters. The lowest BCUT2D eigenvalue weighted by Gasteiger charge is -2.38. The topological polar surface area (TPSA) is 53.6 Å². The van der Waals surface area contributed by atoms with Crippen molar-refractivity contribution >= 4 is 11.6 Å². The Morgan fingerprint density at radius 3 is 2.47 bits per heavy atom. The van der Waals surface area contributed by atoms with E-state index in [1.54, 1.807) is 0 Å². The third kappa shape index (κ3) is 4.59. The summed E-state index contributed by atoms with van der Waals surface area (Å²) < 4.78 is 6.32. The van der Waals surface area contributed by atoms with Crippen molar-refractivity contribution in [3.8, 4) is 0 Å². The Morgan fingerprint density at radius 1 is 1.03 bits per heavy atom. The molecule has 5 heteroatoms. The van der Waals surface area contributed by atoms with Crippen LogP contribution in [0.2, 0.25) is 0 Å². The first-order valence-electron chi connectivity index (χ1n) is 11.2. The first kappa shape index (κ1) is 19.7. The molecule has 1 unspecified atom stereocenters. The first-order valence-corrected chi connectivity index (χ1v) is 11.2. The summed E-state index contributed by atoms with van der Waals surface area (Å²) in [5.41, 5.74) is 2.31. The molecule has 2 N–H and O–H groups in total. The molecule has 0 aromatic heterocycles. The minimum absolute atomic E-state index is 0.00120. The number of hydrogen-bond donors (Lipinski definition) is 2. The van der Waals surface area contributed by atoms with Crippen LogP contribution in [0.3, 0.4) is 0 Å². The van der Waals surface area contributed by atoms with E-state index in [1.165, 1.54) is 12.0 Å². The van der Waals surface area contributed by atoms with Gasteiger partial charge in [0.25, 0.3) is 0 Å². The fourth-order valence-electron chi connectivity index (χ4n) is 5.09. The minimum atomic E-state index is 0.00120. The van der Waals surface area contributed by atoms with Crippen LogP contribution in [-0.2, 0) is 9.53 Å². The SMILES string of the molecule is O=C(CN1CCC2(CC1)CC(N[C@@H]1C[C@H]1c1ccccc1)CO2)Nc1ccccc1. The Hall–Kier alpha value is -2.21. The minimum Gasteiger partial charge on any atom is -0.373 e. The van der Waals surface area contributed by atoms with Gasteiger partial charge in [-0.2, -0.15) is 0 Å². The number of rotatable bonds is 6. The molecule has 1 saturated carbocycles. The number of ether oxygens (including phenoxy) is 1. The lowest BCUT2D eigenvalue weighted by atomic mass is 9.87. The largest absolute Gasteiger partial charge is 0.373 e. The second kappa shape index (κ2) is 8.50. The fourth-order valence-corrected chi connectivity index (χ4v) is 5.09. The molecule has 3 fully saturated rings. The van der Waals surface area contributed by atoms with E-state index in [-0.39, 0.29) is 11.5 Å². The molecule has 2 aromatic carbocycles. The zero-order chi connectivity index (χ0) is 20.4. The molecule has 5 rings (SSSR count). The number of nitrogens with zero attached hydrogens (tertiary/aromatic N) is 1. The molecule has 2 aromatic rings. The van der Waals surface area contributed by atoms with E-state index in [2.05, 4.69) is 45.9 Å². The molecule has 30 heavy (non-hydrogen) atoms. The van der Waals surface area contributed by atoms with Crippen molar-refractivity contribution in [2.75, 3.05) is 31.6 Å². The van der Waals surface area contributed by atoms with Gasteiger partial charge in [0.15, 0.2) is 0 Å². The van der Waals surface area contributed by atoms with Gasteiger partial charge in [-0.15, -0.1) is 0 Å². The monoisotopic (exact) mass is 405 g/mol. The molecular weight excluding hydrogens is 374 g/mol. The van der Waals surface area contributed by atoms with Crippen molar-refractivity contribution in [3.05, 3.63) is 66.2 Å². The standard InChI is InChI=1S/C25H31N3O2/c29-24(27-20-9-5-2-6-10-20)17-28-13-11-25(12-14-28)16-21(18-30-25)26-23-15-22(23)19-7-3-1-4-8-19/h1-10,21-23,26H,11-18H2,(H,27,29)/t21?,22-,23+/m0/s1. The molecule has 1 aliphatic carbocycles. The number of nitrogens with one attached hydrogen (secondary N) is 2. The second-order valence-corrected chi connectivity index (χ2v) is 9.11. The Morgan fingerprint density at radius 2 is 1.73 bits per heavy atom. The summed E-state index contributed by atoms with van der Waals surface area (Å²) in [5, 5.41) is 6.82. The molecule has 0 radical (unpaired) electrons. The number of hydrogen-bond acceptors (Lipinski definition) is 4. The Balaban J connectivity index is 1.06. The van der Waals surface area contributed by atoms with E-state index in [0.29, 0.717) is 24.5 Å². The van der Waals surface area contributed by atoms with Gasteiger partial charge in [0.2, 0.25) is 5.91 Å². The lowest BCUT2D eigenvalue weighted by molar-refractivity contribution is -0.118. The molecule has 1 spiro atoms. The summed E-state index contributed by atoms with van der Waals surface area (Å²) in [7, 11) is 0. The van der Waals surface area contributed by atoms with Crippen molar-refractivity contribution in [3.63, 3.8) is 0 Å². The number of benzene rings is 2. The molecule has 158 valence electrons. The van der Waals surface area contributed by atoms with Crippen LogP contribution in [0.25, 0.3) is 0 Å². The van der Waals surface area contributed by atoms with Gasteiger partial charge in [0, 0.05) is 36.8 Å². The van der Waals surface area contributed by atoms with E-state index < -0.39 is 0 Å². The van der Waals surface area contributed by atoms with Gasteiger partial charge in [-0.05, 0) is 43.4 Å². The summed E-state index contributed by atoms with van der Waals surface area (Å²) >= 11 is 0. The van der Waals surface area contributed by atoms with Crippen LogP contribution in [0.5, 0.6) is 0 Å². The Kier molecular flexibility index (Phi) is 5.59. The maximum Gasteiger partial charge on any atom is 0.238 e. The van der Waals surface area contributed by atoms with Crippen molar-refractivity contribution in [2.24, 2.45) is 0 Å². The van der Waals surface area contributed by atoms with Gasteiger partial charge in [0.1, 0.15) is 0 Å². The number of anilines is 1. The van der Waals surface area contributed by atoms with Crippen LogP contribution < -0.4 is 10.6 Å². The highest BCUT2D eigenvalue weighted by Crippen LogP contribution is 2.43. The van der Waals surface area contributed by atoms with Gasteiger partial charge >= 0.3 is 0 Å². The zero-order valence-corrected chi connectivity index (χ0v) is 17.4. The van der Waals surface area contributed by atoms with Crippen molar-refractivity contribution in [1.29, 1.82) is 0 Å². The van der Waals surface area contributed by atoms with Crippen LogP contribution in [-0.4, -0.2) is 54.7 Å². The first-order chi connectivity index (χ1) is 14.7. The number of amides is 1. The molecule has 3 aliphatic rings. The van der Waals surface area contributed by atoms with Gasteiger partial charge in [-0.1, -0.05) is 48.5 Å². The number of piperidine rings is 1. The molecule has 2 aliphatic heterocycles. The summed E-state index contributed by atoms with van der Waals surface area (Å²) in [5.74, 6) is 0.720. The molecule has 5 nitrogen and oxygen atoms in total. The highest BCUT2D eigenvalue weighted by atomic mass is 16.5. The van der Waals surface area contributed by atoms with Crippen molar-refractivity contribution in [2.45, 2.75) is 49.3 Å². The van der Waals surface area contributed by atoms with Gasteiger partial charge in [-0.25, -0.2) is 0 Å². The average Bonchev–Trinajstić information content (AvgIpc) is 3.43. The maximum absolute atomic E-state index is 12.3. The lowest BCUT2D eigenvalue weighted by Crippen LogP contribution is -2.47. The maximum atomic E-state index is 12.3. The molecule has 2 saturated heterocycles. The highest BCUT2D eigenvalue weighted by molar-refractivity contribution is 5.92. The van der Waals surface area contributed by atoms with Crippen molar-refractivity contribution < 1.29 is 9.53 Å². The third-order valence-electron chi connectivity index (χ3n) is 6.87. The summed E-state index contributed by atoms with van der Waals surface area (Å²) in [6.45, 7) is 3.11. The summed E-state index contributed by atoms with van der Waals surface area (Å²) in [4.78, 5) is 14.6. The van der Waals surface area contributed by atoms with Crippen molar-refractivity contribution in [1.82, 2.24) is 10.2 Å². The van der Waals surface area contributed by atoms with Crippen LogP contribution in [0.1, 0.15) is 37.2 Å². The predicted octanol–water partition coefficient (Wildman–Crippen LogP) is 3.39. The molecule has 0 bridgehead atoms. The van der Waals surface area contributed by atoms with E-state index >= 15 is 0 Å². The summed E-state index contributed by atoms with van der Waals surface area (Å²) in [6, 6.07) is 21.5. The Labute approximate surface area is 178 Å². The van der Waals surface area contributed by atoms with Crippen LogP contribution in [0.4, 0.5) is 5.69 Å². The van der Waals surface area contributed by atoms with Crippen LogP contribution >= 0.6 is 0 Å². The van der Waals surface area contributed by atoms with E-state index in [0.717, 1.165) is 44.6 Å². The summed E-state index contributed by atoms with van der Waals surface area (Å²) in [6.07, 6.45) is 4.35. The quantitative estimate of drug-likeness (QED) is 0.774. The van der Waals surface area contributed by atoms with E-state index in [9.17, 15) is 4.79 Å². The zero-order valence-electron chi connectivity index (χ0n) is 17.4. The number of para-hydroxylation sites is 1. The average molecular weight is 406 g/mol. The van der Waals surface area contributed by atoms with Gasteiger partial charge in [0.05, 0.1) is 18.8 Å². The normalized spacial score (nSPS) is 27.8. The smallest absolute Gasteiger partial charge is 0.238 e. The van der Waals surface area contributed by atoms with Crippen LogP contribution in [0.15, 0.2) is 60.7 Å². The number of likely N-dealkylation sites (tertiary alicyclic amines) is 1. The molecular formula is C25H31N3O2. The fraction of sp³-hybridized carbons (Fsp3) is 0.480. The molecule has 2 heterocycles. The Bertz CT molecular complexity index is 849. The van der Waals surface area contributed by atoms with Gasteiger partial charge < -0.3 is 15.4 Å². The number of carbonyl (C=O) groups is 1.